The van der Waals surface area contributed by atoms with E-state index in [0.29, 0.717) is 16.9 Å². The SMILES string of the molecule is NC(N)=Nc1ccc(C(=O)Nc2ccc(C(=O)O)cc2)cc1. The average Bonchev–Trinajstić information content (AvgIpc) is 2.48. The number of aliphatic imine (C=N–C) groups is 1. The molecule has 22 heavy (non-hydrogen) atoms. The number of carboxylic acids is 1. The smallest absolute Gasteiger partial charge is 0.335 e. The van der Waals surface area contributed by atoms with E-state index in [9.17, 15) is 9.59 Å². The number of hydrogen-bond acceptors (Lipinski definition) is 3. The highest BCUT2D eigenvalue weighted by Crippen LogP contribution is 2.15. The van der Waals surface area contributed by atoms with Crippen molar-refractivity contribution in [1.82, 2.24) is 0 Å². The van der Waals surface area contributed by atoms with Gasteiger partial charge < -0.3 is 21.9 Å². The van der Waals surface area contributed by atoms with Gasteiger partial charge in [0.15, 0.2) is 5.96 Å². The number of aromatic carboxylic acids is 1. The molecule has 0 aliphatic rings. The number of nitrogens with zero attached hydrogens (tertiary/aromatic N) is 1. The van der Waals surface area contributed by atoms with Gasteiger partial charge >= 0.3 is 5.97 Å². The minimum atomic E-state index is -1.02. The second-order valence-electron chi connectivity index (χ2n) is 4.42. The number of carbonyl (C=O) groups excluding carboxylic acids is 1. The Balaban J connectivity index is 2.08. The van der Waals surface area contributed by atoms with Gasteiger partial charge in [0.2, 0.25) is 0 Å². The van der Waals surface area contributed by atoms with Crippen molar-refractivity contribution in [3.8, 4) is 0 Å². The summed E-state index contributed by atoms with van der Waals surface area (Å²) in [4.78, 5) is 26.7. The van der Waals surface area contributed by atoms with Crippen molar-refractivity contribution in [2.45, 2.75) is 0 Å². The number of nitrogens with one attached hydrogen (secondary N) is 1. The Morgan fingerprint density at radius 2 is 1.45 bits per heavy atom. The highest BCUT2D eigenvalue weighted by Gasteiger charge is 2.07. The average molecular weight is 298 g/mol. The Labute approximate surface area is 126 Å². The lowest BCUT2D eigenvalue weighted by Crippen LogP contribution is -2.21. The van der Waals surface area contributed by atoms with Crippen molar-refractivity contribution in [3.05, 3.63) is 59.7 Å². The summed E-state index contributed by atoms with van der Waals surface area (Å²) in [7, 11) is 0. The standard InChI is InChI=1S/C15H14N4O3/c16-15(17)19-12-5-1-9(2-6-12)13(20)18-11-7-3-10(4-8-11)14(21)22/h1-8H,(H,18,20)(H,21,22)(H4,16,17,19). The van der Waals surface area contributed by atoms with E-state index < -0.39 is 5.97 Å². The number of nitrogens with two attached hydrogens (primary N) is 2. The third kappa shape index (κ3) is 3.83. The van der Waals surface area contributed by atoms with Crippen molar-refractivity contribution in [3.63, 3.8) is 0 Å². The number of benzene rings is 2. The molecule has 0 unspecified atom stereocenters. The van der Waals surface area contributed by atoms with Crippen LogP contribution in [0.15, 0.2) is 53.5 Å². The maximum atomic E-state index is 12.1. The summed E-state index contributed by atoms with van der Waals surface area (Å²) in [6.07, 6.45) is 0. The molecule has 0 radical (unpaired) electrons. The molecular formula is C15H14N4O3. The Bertz CT molecular complexity index is 717. The molecular weight excluding hydrogens is 284 g/mol. The monoisotopic (exact) mass is 298 g/mol. The summed E-state index contributed by atoms with van der Waals surface area (Å²) in [6.45, 7) is 0. The zero-order chi connectivity index (χ0) is 16.1. The predicted octanol–water partition coefficient (Wildman–Crippen LogP) is 1.54. The summed E-state index contributed by atoms with van der Waals surface area (Å²) in [5.74, 6) is -1.40. The zero-order valence-corrected chi connectivity index (χ0v) is 11.5. The second-order valence-corrected chi connectivity index (χ2v) is 4.42. The second kappa shape index (κ2) is 6.40. The zero-order valence-electron chi connectivity index (χ0n) is 11.5. The molecule has 0 aliphatic carbocycles. The van der Waals surface area contributed by atoms with E-state index in [1.807, 2.05) is 0 Å². The van der Waals surface area contributed by atoms with Gasteiger partial charge in [0, 0.05) is 11.3 Å². The Hall–Kier alpha value is -3.35. The summed E-state index contributed by atoms with van der Waals surface area (Å²) >= 11 is 0. The first-order chi connectivity index (χ1) is 10.5. The van der Waals surface area contributed by atoms with E-state index in [2.05, 4.69) is 10.3 Å². The summed E-state index contributed by atoms with van der Waals surface area (Å²) in [5, 5.41) is 11.5. The Morgan fingerprint density at radius 3 is 1.95 bits per heavy atom. The van der Waals surface area contributed by atoms with Gasteiger partial charge in [-0.3, -0.25) is 4.79 Å². The van der Waals surface area contributed by atoms with Crippen LogP contribution in [0.2, 0.25) is 0 Å². The van der Waals surface area contributed by atoms with Gasteiger partial charge in [-0.1, -0.05) is 0 Å². The van der Waals surface area contributed by atoms with Gasteiger partial charge in [-0.2, -0.15) is 0 Å². The normalized spacial score (nSPS) is 9.82. The number of carboxylic acid groups (broad SMARTS) is 1. The minimum absolute atomic E-state index is 0.0595. The molecule has 2 rings (SSSR count). The van der Waals surface area contributed by atoms with Crippen LogP contribution in [-0.4, -0.2) is 22.9 Å². The third-order valence-electron chi connectivity index (χ3n) is 2.78. The number of rotatable bonds is 4. The first-order valence-corrected chi connectivity index (χ1v) is 6.30. The van der Waals surface area contributed by atoms with Gasteiger partial charge in [-0.15, -0.1) is 0 Å². The summed E-state index contributed by atoms with van der Waals surface area (Å²) in [5.41, 5.74) is 12.2. The molecule has 0 aromatic heterocycles. The van der Waals surface area contributed by atoms with Crippen LogP contribution in [0.1, 0.15) is 20.7 Å². The Kier molecular flexibility index (Phi) is 4.38. The minimum Gasteiger partial charge on any atom is -0.478 e. The van der Waals surface area contributed by atoms with Crippen LogP contribution >= 0.6 is 0 Å². The lowest BCUT2D eigenvalue weighted by atomic mass is 10.1. The van der Waals surface area contributed by atoms with Crippen LogP contribution in [0, 0.1) is 0 Å². The van der Waals surface area contributed by atoms with Crippen LogP contribution in [0.4, 0.5) is 11.4 Å². The Morgan fingerprint density at radius 1 is 0.909 bits per heavy atom. The quantitative estimate of drug-likeness (QED) is 0.502. The van der Waals surface area contributed by atoms with Gasteiger partial charge in [0.1, 0.15) is 0 Å². The molecule has 7 nitrogen and oxygen atoms in total. The molecule has 0 aliphatic heterocycles. The molecule has 0 spiro atoms. The molecule has 7 heteroatoms. The molecule has 112 valence electrons. The first-order valence-electron chi connectivity index (χ1n) is 6.30. The number of anilines is 1. The number of carbonyl (C=O) groups is 2. The fourth-order valence-electron chi connectivity index (χ4n) is 1.74. The van der Waals surface area contributed by atoms with Crippen molar-refractivity contribution in [2.75, 3.05) is 5.32 Å². The topological polar surface area (TPSA) is 131 Å². The molecule has 0 saturated carbocycles. The summed E-state index contributed by atoms with van der Waals surface area (Å²) in [6, 6.07) is 12.3. The van der Waals surface area contributed by atoms with Crippen LogP contribution < -0.4 is 16.8 Å². The fraction of sp³-hybridized carbons (Fsp3) is 0. The van der Waals surface area contributed by atoms with Gasteiger partial charge in [-0.25, -0.2) is 9.79 Å². The molecule has 1 amide bonds. The molecule has 6 N–H and O–H groups in total. The fourth-order valence-corrected chi connectivity index (χ4v) is 1.74. The van der Waals surface area contributed by atoms with Crippen LogP contribution in [0.5, 0.6) is 0 Å². The maximum absolute atomic E-state index is 12.1. The van der Waals surface area contributed by atoms with Crippen molar-refractivity contribution < 1.29 is 14.7 Å². The van der Waals surface area contributed by atoms with Gasteiger partial charge in [-0.05, 0) is 48.5 Å². The molecule has 0 heterocycles. The number of hydrogen-bond donors (Lipinski definition) is 4. The van der Waals surface area contributed by atoms with Crippen LogP contribution in [0.3, 0.4) is 0 Å². The molecule has 2 aromatic rings. The first kappa shape index (κ1) is 15.0. The van der Waals surface area contributed by atoms with E-state index in [0.717, 1.165) is 0 Å². The van der Waals surface area contributed by atoms with E-state index in [1.54, 1.807) is 24.3 Å². The molecule has 2 aromatic carbocycles. The van der Waals surface area contributed by atoms with Gasteiger partial charge in [0.05, 0.1) is 11.3 Å². The van der Waals surface area contributed by atoms with Crippen molar-refractivity contribution in [1.29, 1.82) is 0 Å². The molecule has 0 bridgehead atoms. The lowest BCUT2D eigenvalue weighted by molar-refractivity contribution is 0.0696. The third-order valence-corrected chi connectivity index (χ3v) is 2.78. The van der Waals surface area contributed by atoms with Crippen LogP contribution in [0.25, 0.3) is 0 Å². The highest BCUT2D eigenvalue weighted by atomic mass is 16.4. The molecule has 0 saturated heterocycles. The lowest BCUT2D eigenvalue weighted by Gasteiger charge is -2.06. The van der Waals surface area contributed by atoms with E-state index in [4.69, 9.17) is 16.6 Å². The van der Waals surface area contributed by atoms with Crippen molar-refractivity contribution in [2.24, 2.45) is 16.5 Å². The maximum Gasteiger partial charge on any atom is 0.335 e. The largest absolute Gasteiger partial charge is 0.478 e. The van der Waals surface area contributed by atoms with E-state index >= 15 is 0 Å². The van der Waals surface area contributed by atoms with E-state index in [-0.39, 0.29) is 17.4 Å². The highest BCUT2D eigenvalue weighted by molar-refractivity contribution is 6.04. The van der Waals surface area contributed by atoms with Gasteiger partial charge in [0.25, 0.3) is 5.91 Å². The number of guanidine groups is 1. The number of amides is 1. The van der Waals surface area contributed by atoms with E-state index in [1.165, 1.54) is 24.3 Å². The predicted molar refractivity (Wildman–Crippen MR) is 83.3 cm³/mol. The van der Waals surface area contributed by atoms with Crippen molar-refractivity contribution >= 4 is 29.2 Å². The van der Waals surface area contributed by atoms with Crippen LogP contribution in [-0.2, 0) is 0 Å². The molecule has 0 atom stereocenters. The molecule has 0 fully saturated rings. The summed E-state index contributed by atoms with van der Waals surface area (Å²) < 4.78 is 0.